The van der Waals surface area contributed by atoms with Crippen molar-refractivity contribution >= 4 is 31.9 Å². The number of halogens is 2. The van der Waals surface area contributed by atoms with Crippen molar-refractivity contribution in [3.63, 3.8) is 0 Å². The van der Waals surface area contributed by atoms with Crippen LogP contribution in [0.3, 0.4) is 0 Å². The van der Waals surface area contributed by atoms with Crippen LogP contribution in [0, 0.1) is 0 Å². The standard InChI is InChI=1S/C16H16Br2/c1-15(2)13-8-10(17)4-5-12(13)16(3)7-6-11(18)9-14(15)16/h4-6,8-9H,7H2,1-3H3. The molecule has 2 aliphatic carbocycles. The van der Waals surface area contributed by atoms with Gasteiger partial charge in [-0.05, 0) is 41.3 Å². The third kappa shape index (κ3) is 1.55. The van der Waals surface area contributed by atoms with Gasteiger partial charge in [0, 0.05) is 19.8 Å². The minimum absolute atomic E-state index is 0.112. The number of allylic oxidation sites excluding steroid dienone is 4. The van der Waals surface area contributed by atoms with E-state index in [-0.39, 0.29) is 10.8 Å². The second-order valence-electron chi connectivity index (χ2n) is 6.00. The van der Waals surface area contributed by atoms with Gasteiger partial charge in [-0.25, -0.2) is 0 Å². The predicted octanol–water partition coefficient (Wildman–Crippen LogP) is 5.61. The van der Waals surface area contributed by atoms with Crippen LogP contribution in [-0.4, -0.2) is 0 Å². The number of hydrogen-bond acceptors (Lipinski definition) is 0. The Labute approximate surface area is 125 Å². The van der Waals surface area contributed by atoms with Crippen LogP contribution in [-0.2, 0) is 10.8 Å². The highest BCUT2D eigenvalue weighted by Gasteiger charge is 2.49. The molecule has 0 saturated heterocycles. The molecule has 0 saturated carbocycles. The lowest BCUT2D eigenvalue weighted by Crippen LogP contribution is -2.27. The van der Waals surface area contributed by atoms with Gasteiger partial charge in [-0.3, -0.25) is 0 Å². The minimum Gasteiger partial charge on any atom is -0.0691 e. The highest BCUT2D eigenvalue weighted by Crippen LogP contribution is 2.57. The number of benzene rings is 1. The van der Waals surface area contributed by atoms with Crippen LogP contribution in [0.25, 0.3) is 0 Å². The Morgan fingerprint density at radius 1 is 1.06 bits per heavy atom. The van der Waals surface area contributed by atoms with Crippen molar-refractivity contribution in [2.45, 2.75) is 38.0 Å². The summed E-state index contributed by atoms with van der Waals surface area (Å²) in [5.41, 5.74) is 4.75. The van der Waals surface area contributed by atoms with Crippen molar-refractivity contribution in [3.05, 3.63) is 56.0 Å². The molecule has 0 amide bonds. The quantitative estimate of drug-likeness (QED) is 0.559. The monoisotopic (exact) mass is 366 g/mol. The second kappa shape index (κ2) is 3.83. The van der Waals surface area contributed by atoms with Crippen molar-refractivity contribution in [2.75, 3.05) is 0 Å². The third-order valence-corrected chi connectivity index (χ3v) is 5.55. The van der Waals surface area contributed by atoms with Gasteiger partial charge >= 0.3 is 0 Å². The molecule has 18 heavy (non-hydrogen) atoms. The molecule has 3 rings (SSSR count). The van der Waals surface area contributed by atoms with Gasteiger partial charge in [-0.2, -0.15) is 0 Å². The van der Waals surface area contributed by atoms with E-state index in [0.29, 0.717) is 0 Å². The molecular weight excluding hydrogens is 352 g/mol. The fourth-order valence-corrected chi connectivity index (χ4v) is 4.30. The predicted molar refractivity (Wildman–Crippen MR) is 84.2 cm³/mol. The Morgan fingerprint density at radius 2 is 1.78 bits per heavy atom. The first-order valence-corrected chi connectivity index (χ1v) is 7.83. The lowest BCUT2D eigenvalue weighted by atomic mass is 9.70. The zero-order valence-corrected chi connectivity index (χ0v) is 14.0. The third-order valence-electron chi connectivity index (χ3n) is 4.50. The Kier molecular flexibility index (Phi) is 2.70. The van der Waals surface area contributed by atoms with Gasteiger partial charge < -0.3 is 0 Å². The Morgan fingerprint density at radius 3 is 2.50 bits per heavy atom. The normalized spacial score (nSPS) is 28.3. The molecule has 0 aliphatic heterocycles. The first-order valence-electron chi connectivity index (χ1n) is 6.24. The number of rotatable bonds is 0. The summed E-state index contributed by atoms with van der Waals surface area (Å²) in [6.45, 7) is 7.04. The fraction of sp³-hybridized carbons (Fsp3) is 0.375. The summed E-state index contributed by atoms with van der Waals surface area (Å²) in [5, 5.41) is 0. The van der Waals surface area contributed by atoms with Crippen molar-refractivity contribution in [1.29, 1.82) is 0 Å². The number of hydrogen-bond donors (Lipinski definition) is 0. The highest BCUT2D eigenvalue weighted by atomic mass is 79.9. The zero-order valence-electron chi connectivity index (χ0n) is 10.8. The van der Waals surface area contributed by atoms with Crippen molar-refractivity contribution in [1.82, 2.24) is 0 Å². The lowest BCUT2D eigenvalue weighted by Gasteiger charge is -2.34. The summed E-state index contributed by atoms with van der Waals surface area (Å²) in [4.78, 5) is 0. The summed E-state index contributed by atoms with van der Waals surface area (Å²) in [7, 11) is 0. The SMILES string of the molecule is CC1(C)C2=CC(Br)=CCC2(C)c2ccc(Br)cc21. The summed E-state index contributed by atoms with van der Waals surface area (Å²) < 4.78 is 2.39. The first kappa shape index (κ1) is 12.7. The van der Waals surface area contributed by atoms with E-state index >= 15 is 0 Å². The van der Waals surface area contributed by atoms with Gasteiger partial charge in [0.15, 0.2) is 0 Å². The molecule has 0 aromatic heterocycles. The Hall–Kier alpha value is -0.340. The average Bonchev–Trinajstić information content (AvgIpc) is 2.47. The minimum atomic E-state index is 0.112. The largest absolute Gasteiger partial charge is 0.0691 e. The molecule has 2 aliphatic rings. The van der Waals surface area contributed by atoms with Crippen molar-refractivity contribution in [3.8, 4) is 0 Å². The van der Waals surface area contributed by atoms with Gasteiger partial charge in [-0.1, -0.05) is 64.8 Å². The van der Waals surface area contributed by atoms with E-state index in [1.54, 1.807) is 0 Å². The van der Waals surface area contributed by atoms with Gasteiger partial charge in [0.05, 0.1) is 0 Å². The maximum absolute atomic E-state index is 3.64. The maximum Gasteiger partial charge on any atom is 0.0183 e. The molecule has 2 heteroatoms. The molecular formula is C16H16Br2. The number of fused-ring (bicyclic) bond motifs is 3. The van der Waals surface area contributed by atoms with E-state index in [4.69, 9.17) is 0 Å². The first-order chi connectivity index (χ1) is 8.35. The van der Waals surface area contributed by atoms with Crippen LogP contribution >= 0.6 is 31.9 Å². The van der Waals surface area contributed by atoms with E-state index in [1.807, 2.05) is 0 Å². The Bertz CT molecular complexity index is 593. The smallest absolute Gasteiger partial charge is 0.0183 e. The lowest BCUT2D eigenvalue weighted by molar-refractivity contribution is 0.511. The van der Waals surface area contributed by atoms with Crippen LogP contribution in [0.2, 0.25) is 0 Å². The Balaban J connectivity index is 2.32. The summed E-state index contributed by atoms with van der Waals surface area (Å²) >= 11 is 7.24. The molecule has 0 N–H and O–H groups in total. The summed E-state index contributed by atoms with van der Waals surface area (Å²) in [6.07, 6.45) is 5.69. The molecule has 0 nitrogen and oxygen atoms in total. The molecule has 0 heterocycles. The molecule has 0 bridgehead atoms. The molecule has 94 valence electrons. The van der Waals surface area contributed by atoms with Crippen molar-refractivity contribution < 1.29 is 0 Å². The van der Waals surface area contributed by atoms with E-state index in [1.165, 1.54) is 25.7 Å². The molecule has 0 fully saturated rings. The van der Waals surface area contributed by atoms with Crippen LogP contribution in [0.15, 0.2) is 44.9 Å². The van der Waals surface area contributed by atoms with Gasteiger partial charge in [-0.15, -0.1) is 0 Å². The summed E-state index contributed by atoms with van der Waals surface area (Å²) in [5.74, 6) is 0. The second-order valence-corrected chi connectivity index (χ2v) is 7.83. The zero-order chi connectivity index (χ0) is 13.1. The fourth-order valence-electron chi connectivity index (χ4n) is 3.55. The topological polar surface area (TPSA) is 0 Å². The van der Waals surface area contributed by atoms with Gasteiger partial charge in [0.2, 0.25) is 0 Å². The van der Waals surface area contributed by atoms with Gasteiger partial charge in [0.25, 0.3) is 0 Å². The molecule has 1 atom stereocenters. The maximum atomic E-state index is 3.64. The van der Waals surface area contributed by atoms with E-state index < -0.39 is 0 Å². The van der Waals surface area contributed by atoms with E-state index in [0.717, 1.165) is 6.42 Å². The average molecular weight is 368 g/mol. The van der Waals surface area contributed by atoms with Crippen LogP contribution < -0.4 is 0 Å². The molecule has 1 aromatic rings. The van der Waals surface area contributed by atoms with Crippen molar-refractivity contribution in [2.24, 2.45) is 0 Å². The van der Waals surface area contributed by atoms with Crippen LogP contribution in [0.1, 0.15) is 38.3 Å². The van der Waals surface area contributed by atoms with Gasteiger partial charge in [0.1, 0.15) is 0 Å². The van der Waals surface area contributed by atoms with Crippen LogP contribution in [0.5, 0.6) is 0 Å². The highest BCUT2D eigenvalue weighted by molar-refractivity contribution is 9.12. The van der Waals surface area contributed by atoms with Crippen LogP contribution in [0.4, 0.5) is 0 Å². The molecule has 1 aromatic carbocycles. The molecule has 1 unspecified atom stereocenters. The summed E-state index contributed by atoms with van der Waals surface area (Å²) in [6, 6.07) is 6.74. The van der Waals surface area contributed by atoms with E-state index in [9.17, 15) is 0 Å². The molecule has 0 radical (unpaired) electrons. The van der Waals surface area contributed by atoms with E-state index in [2.05, 4.69) is 83.0 Å². The molecule has 0 spiro atoms.